The summed E-state index contributed by atoms with van der Waals surface area (Å²) in [5.74, 6) is 2.11. The van der Waals surface area contributed by atoms with Gasteiger partial charge in [-0.05, 0) is 74.2 Å². The van der Waals surface area contributed by atoms with Crippen molar-refractivity contribution in [2.45, 2.75) is 57.9 Å². The van der Waals surface area contributed by atoms with Gasteiger partial charge in [-0.2, -0.15) is 0 Å². The highest BCUT2D eigenvalue weighted by atomic mass is 79.9. The highest BCUT2D eigenvalue weighted by Crippen LogP contribution is 2.36. The van der Waals surface area contributed by atoms with Gasteiger partial charge in [-0.1, -0.05) is 22.9 Å². The zero-order chi connectivity index (χ0) is 14.7. The molecule has 2 nitrogen and oxygen atoms in total. The van der Waals surface area contributed by atoms with E-state index in [2.05, 4.69) is 40.3 Å². The van der Waals surface area contributed by atoms with E-state index in [1.807, 2.05) is 0 Å². The molecule has 1 heterocycles. The van der Waals surface area contributed by atoms with Crippen LogP contribution in [-0.2, 0) is 12.8 Å². The zero-order valence-corrected chi connectivity index (χ0v) is 14.5. The lowest BCUT2D eigenvalue weighted by atomic mass is 9.99. The van der Waals surface area contributed by atoms with Gasteiger partial charge >= 0.3 is 0 Å². The van der Waals surface area contributed by atoms with Gasteiger partial charge < -0.3 is 10.1 Å². The number of nitrogens with one attached hydrogen (secondary N) is 1. The third kappa shape index (κ3) is 4.01. The Kier molecular flexibility index (Phi) is 5.23. The Balaban J connectivity index is 1.55. The van der Waals surface area contributed by atoms with Gasteiger partial charge in [0.25, 0.3) is 0 Å². The molecule has 1 atom stereocenters. The van der Waals surface area contributed by atoms with Crippen molar-refractivity contribution in [2.75, 3.05) is 13.2 Å². The van der Waals surface area contributed by atoms with Crippen LogP contribution < -0.4 is 10.1 Å². The quantitative estimate of drug-likeness (QED) is 0.745. The van der Waals surface area contributed by atoms with Crippen molar-refractivity contribution in [1.82, 2.24) is 5.32 Å². The van der Waals surface area contributed by atoms with Crippen LogP contribution in [0.25, 0.3) is 0 Å². The Labute approximate surface area is 136 Å². The number of benzene rings is 1. The van der Waals surface area contributed by atoms with Crippen molar-refractivity contribution in [2.24, 2.45) is 5.92 Å². The summed E-state index contributed by atoms with van der Waals surface area (Å²) >= 11 is 3.64. The number of fused-ring (bicyclic) bond motifs is 1. The second-order valence-corrected chi connectivity index (χ2v) is 7.36. The molecule has 0 bridgehead atoms. The first-order valence-corrected chi connectivity index (χ1v) is 9.24. The van der Waals surface area contributed by atoms with Crippen LogP contribution in [0.15, 0.2) is 16.6 Å². The predicted octanol–water partition coefficient (Wildman–Crippen LogP) is 4.48. The van der Waals surface area contributed by atoms with E-state index in [0.29, 0.717) is 0 Å². The minimum atomic E-state index is 0.742. The lowest BCUT2D eigenvalue weighted by Gasteiger charge is -2.18. The van der Waals surface area contributed by atoms with Gasteiger partial charge in [-0.15, -0.1) is 0 Å². The van der Waals surface area contributed by atoms with Gasteiger partial charge in [0, 0.05) is 16.9 Å². The number of aryl methyl sites for hydroxylation is 1. The molecule has 0 saturated heterocycles. The highest BCUT2D eigenvalue weighted by molar-refractivity contribution is 9.10. The third-order valence-electron chi connectivity index (χ3n) is 4.63. The molecule has 1 unspecified atom stereocenters. The van der Waals surface area contributed by atoms with Crippen molar-refractivity contribution < 1.29 is 4.74 Å². The van der Waals surface area contributed by atoms with Gasteiger partial charge in [0.15, 0.2) is 0 Å². The van der Waals surface area contributed by atoms with Crippen molar-refractivity contribution in [3.8, 4) is 5.75 Å². The minimum absolute atomic E-state index is 0.742. The molecule has 1 N–H and O–H groups in total. The Bertz CT molecular complexity index is 484. The third-order valence-corrected chi connectivity index (χ3v) is 5.09. The van der Waals surface area contributed by atoms with Crippen LogP contribution in [0.2, 0.25) is 0 Å². The molecular weight excluding hydrogens is 326 g/mol. The zero-order valence-electron chi connectivity index (χ0n) is 13.0. The number of hydrogen-bond donors (Lipinski definition) is 1. The monoisotopic (exact) mass is 351 g/mol. The lowest BCUT2D eigenvalue weighted by Crippen LogP contribution is -2.31. The summed E-state index contributed by atoms with van der Waals surface area (Å²) in [6.07, 6.45) is 8.84. The standard InChI is InChI=1S/C18H26BrNO/c1-2-9-20-17(13-6-7-13)5-3-4-14-11-16(19)12-15-8-10-21-18(14)15/h11-13,17,20H,2-10H2,1H3. The summed E-state index contributed by atoms with van der Waals surface area (Å²) in [6, 6.07) is 5.20. The van der Waals surface area contributed by atoms with Gasteiger partial charge in [-0.25, -0.2) is 0 Å². The first-order valence-electron chi connectivity index (χ1n) is 8.45. The van der Waals surface area contributed by atoms with Gasteiger partial charge in [0.05, 0.1) is 6.61 Å². The van der Waals surface area contributed by atoms with E-state index < -0.39 is 0 Å². The van der Waals surface area contributed by atoms with E-state index in [0.717, 1.165) is 38.0 Å². The Morgan fingerprint density at radius 2 is 2.24 bits per heavy atom. The molecule has 0 radical (unpaired) electrons. The molecule has 1 aliphatic carbocycles. The van der Waals surface area contributed by atoms with Crippen LogP contribution in [0.4, 0.5) is 0 Å². The fourth-order valence-electron chi connectivity index (χ4n) is 3.38. The fourth-order valence-corrected chi connectivity index (χ4v) is 3.93. The molecule has 2 aliphatic rings. The normalized spacial score (nSPS) is 18.4. The molecule has 3 heteroatoms. The van der Waals surface area contributed by atoms with Gasteiger partial charge in [0.2, 0.25) is 0 Å². The summed E-state index contributed by atoms with van der Waals surface area (Å²) in [5, 5.41) is 3.74. The van der Waals surface area contributed by atoms with Crippen molar-refractivity contribution >= 4 is 15.9 Å². The largest absolute Gasteiger partial charge is 0.493 e. The maximum absolute atomic E-state index is 5.83. The molecule has 1 aliphatic heterocycles. The Morgan fingerprint density at radius 3 is 3.00 bits per heavy atom. The molecule has 0 amide bonds. The molecule has 1 aromatic rings. The number of ether oxygens (including phenoxy) is 1. The summed E-state index contributed by atoms with van der Waals surface area (Å²) in [5.41, 5.74) is 2.77. The SMILES string of the molecule is CCCNC(CCCc1cc(Br)cc2c1OCC2)C1CC1. The maximum atomic E-state index is 5.83. The van der Waals surface area contributed by atoms with E-state index in [4.69, 9.17) is 4.74 Å². The van der Waals surface area contributed by atoms with Crippen molar-refractivity contribution in [3.05, 3.63) is 27.7 Å². The summed E-state index contributed by atoms with van der Waals surface area (Å²) in [6.45, 7) is 4.26. The first kappa shape index (κ1) is 15.4. The second-order valence-electron chi connectivity index (χ2n) is 6.44. The lowest BCUT2D eigenvalue weighted by molar-refractivity contribution is 0.352. The molecule has 0 spiro atoms. The van der Waals surface area contributed by atoms with Crippen LogP contribution in [0.1, 0.15) is 50.2 Å². The van der Waals surface area contributed by atoms with E-state index in [9.17, 15) is 0 Å². The van der Waals surface area contributed by atoms with Crippen LogP contribution in [0.5, 0.6) is 5.75 Å². The highest BCUT2D eigenvalue weighted by Gasteiger charge is 2.30. The van der Waals surface area contributed by atoms with Gasteiger partial charge in [-0.3, -0.25) is 0 Å². The van der Waals surface area contributed by atoms with Crippen molar-refractivity contribution in [3.63, 3.8) is 0 Å². The topological polar surface area (TPSA) is 21.3 Å². The Morgan fingerprint density at radius 1 is 1.38 bits per heavy atom. The molecule has 3 rings (SSSR count). The van der Waals surface area contributed by atoms with E-state index >= 15 is 0 Å². The minimum Gasteiger partial charge on any atom is -0.493 e. The van der Waals surface area contributed by atoms with Crippen LogP contribution in [0.3, 0.4) is 0 Å². The van der Waals surface area contributed by atoms with Crippen LogP contribution in [-0.4, -0.2) is 19.2 Å². The number of rotatable bonds is 8. The molecule has 1 aromatic carbocycles. The van der Waals surface area contributed by atoms with E-state index in [1.165, 1.54) is 53.5 Å². The summed E-state index contributed by atoms with van der Waals surface area (Å²) < 4.78 is 7.03. The fraction of sp³-hybridized carbons (Fsp3) is 0.667. The van der Waals surface area contributed by atoms with Crippen molar-refractivity contribution in [1.29, 1.82) is 0 Å². The molecule has 0 aromatic heterocycles. The maximum Gasteiger partial charge on any atom is 0.125 e. The summed E-state index contributed by atoms with van der Waals surface area (Å²) in [4.78, 5) is 0. The molecule has 1 saturated carbocycles. The summed E-state index contributed by atoms with van der Waals surface area (Å²) in [7, 11) is 0. The predicted molar refractivity (Wildman–Crippen MR) is 91.1 cm³/mol. The average molecular weight is 352 g/mol. The first-order chi connectivity index (χ1) is 10.3. The molecule has 21 heavy (non-hydrogen) atoms. The second kappa shape index (κ2) is 7.15. The average Bonchev–Trinajstić information content (AvgIpc) is 3.20. The smallest absolute Gasteiger partial charge is 0.125 e. The number of hydrogen-bond acceptors (Lipinski definition) is 2. The van der Waals surface area contributed by atoms with Crippen LogP contribution in [0, 0.1) is 5.92 Å². The number of halogens is 1. The van der Waals surface area contributed by atoms with Gasteiger partial charge in [0.1, 0.15) is 5.75 Å². The molecule has 1 fully saturated rings. The van der Waals surface area contributed by atoms with E-state index in [1.54, 1.807) is 0 Å². The molecule has 116 valence electrons. The van der Waals surface area contributed by atoms with E-state index in [-0.39, 0.29) is 0 Å². The van der Waals surface area contributed by atoms with Crippen LogP contribution >= 0.6 is 15.9 Å². The molecular formula is C18H26BrNO. The Hall–Kier alpha value is -0.540.